The lowest BCUT2D eigenvalue weighted by Gasteiger charge is -2.22. The van der Waals surface area contributed by atoms with E-state index in [0.717, 1.165) is 22.6 Å². The molecule has 0 aliphatic heterocycles. The summed E-state index contributed by atoms with van der Waals surface area (Å²) >= 11 is 0. The number of benzene rings is 1. The molecule has 0 unspecified atom stereocenters. The highest BCUT2D eigenvalue weighted by Gasteiger charge is 2.19. The topological polar surface area (TPSA) is 46.3 Å². The maximum Gasteiger partial charge on any atom is 0.254 e. The summed E-state index contributed by atoms with van der Waals surface area (Å²) in [5.41, 5.74) is 3.68. The molecule has 0 bridgehead atoms. The average molecular weight is 320 g/mol. The third-order valence-corrected chi connectivity index (χ3v) is 3.91. The third kappa shape index (κ3) is 3.71. The predicted molar refractivity (Wildman–Crippen MR) is 92.4 cm³/mol. The highest BCUT2D eigenvalue weighted by molar-refractivity contribution is 5.95. The number of carbonyl (C=O) groups excluding carboxylic acids is 1. The van der Waals surface area contributed by atoms with Crippen LogP contribution >= 0.6 is 0 Å². The average Bonchev–Trinajstić information content (AvgIpc) is 3.08. The first-order valence-electron chi connectivity index (χ1n) is 7.92. The number of nitrogens with zero attached hydrogens (tertiary/aromatic N) is 2. The Kier molecular flexibility index (Phi) is 4.75. The molecular weight excluding hydrogens is 300 g/mol. The molecule has 0 aliphatic carbocycles. The van der Waals surface area contributed by atoms with Gasteiger partial charge < -0.3 is 9.32 Å². The smallest absolute Gasteiger partial charge is 0.254 e. The van der Waals surface area contributed by atoms with Gasteiger partial charge in [0.2, 0.25) is 0 Å². The molecule has 0 N–H and O–H groups in total. The van der Waals surface area contributed by atoms with Crippen LogP contribution in [0.1, 0.15) is 32.9 Å². The molecule has 2 heterocycles. The van der Waals surface area contributed by atoms with Crippen LogP contribution in [0.5, 0.6) is 0 Å². The summed E-state index contributed by atoms with van der Waals surface area (Å²) in [6.45, 7) is 4.84. The van der Waals surface area contributed by atoms with Crippen LogP contribution in [0.15, 0.2) is 65.4 Å². The molecule has 0 atom stereocenters. The number of hydrogen-bond donors (Lipinski definition) is 0. The van der Waals surface area contributed by atoms with Crippen LogP contribution in [-0.4, -0.2) is 15.8 Å². The van der Waals surface area contributed by atoms with Gasteiger partial charge in [-0.3, -0.25) is 9.78 Å². The van der Waals surface area contributed by atoms with Crippen molar-refractivity contribution in [3.05, 3.63) is 89.1 Å². The molecule has 24 heavy (non-hydrogen) atoms. The number of aryl methyl sites for hydroxylation is 2. The first kappa shape index (κ1) is 16.0. The zero-order valence-corrected chi connectivity index (χ0v) is 13.9. The molecule has 4 nitrogen and oxygen atoms in total. The summed E-state index contributed by atoms with van der Waals surface area (Å²) in [4.78, 5) is 19.2. The van der Waals surface area contributed by atoms with E-state index in [1.54, 1.807) is 17.4 Å². The van der Waals surface area contributed by atoms with Crippen molar-refractivity contribution in [2.24, 2.45) is 0 Å². The first-order valence-corrected chi connectivity index (χ1v) is 7.92. The van der Waals surface area contributed by atoms with E-state index in [2.05, 4.69) is 4.98 Å². The molecule has 0 saturated carbocycles. The quantitative estimate of drug-likeness (QED) is 0.710. The molecule has 0 radical (unpaired) electrons. The molecule has 3 aromatic rings. The number of pyridine rings is 1. The lowest BCUT2D eigenvalue weighted by molar-refractivity contribution is 0.0714. The molecule has 0 fully saturated rings. The van der Waals surface area contributed by atoms with Crippen LogP contribution in [0.3, 0.4) is 0 Å². The van der Waals surface area contributed by atoms with E-state index in [1.165, 1.54) is 0 Å². The van der Waals surface area contributed by atoms with Crippen LogP contribution in [0, 0.1) is 13.8 Å². The Balaban J connectivity index is 1.89. The molecular formula is C20H20N2O2. The van der Waals surface area contributed by atoms with Crippen LogP contribution in [0.2, 0.25) is 0 Å². The molecule has 1 aromatic carbocycles. The third-order valence-electron chi connectivity index (χ3n) is 3.91. The van der Waals surface area contributed by atoms with Crippen LogP contribution in [0.25, 0.3) is 0 Å². The highest BCUT2D eigenvalue weighted by Crippen LogP contribution is 2.17. The van der Waals surface area contributed by atoms with Crippen molar-refractivity contribution >= 4 is 5.91 Å². The van der Waals surface area contributed by atoms with Crippen molar-refractivity contribution in [1.82, 2.24) is 9.88 Å². The van der Waals surface area contributed by atoms with Gasteiger partial charge in [0.05, 0.1) is 25.0 Å². The fourth-order valence-corrected chi connectivity index (χ4v) is 2.70. The predicted octanol–water partition coefficient (Wildman–Crippen LogP) is 4.13. The van der Waals surface area contributed by atoms with E-state index in [1.807, 2.05) is 62.4 Å². The Bertz CT molecular complexity index is 811. The van der Waals surface area contributed by atoms with E-state index < -0.39 is 0 Å². The Morgan fingerprint density at radius 3 is 2.62 bits per heavy atom. The first-order chi connectivity index (χ1) is 11.6. The lowest BCUT2D eigenvalue weighted by atomic mass is 10.0. The largest absolute Gasteiger partial charge is 0.467 e. The van der Waals surface area contributed by atoms with Crippen molar-refractivity contribution in [3.8, 4) is 0 Å². The minimum atomic E-state index is -0.0189. The van der Waals surface area contributed by atoms with Crippen molar-refractivity contribution in [2.45, 2.75) is 26.9 Å². The van der Waals surface area contributed by atoms with Gasteiger partial charge in [-0.15, -0.1) is 0 Å². The van der Waals surface area contributed by atoms with Gasteiger partial charge in [-0.2, -0.15) is 0 Å². The van der Waals surface area contributed by atoms with Gasteiger partial charge in [0.25, 0.3) is 5.91 Å². The van der Waals surface area contributed by atoms with Gasteiger partial charge in [0.15, 0.2) is 0 Å². The molecule has 2 aromatic heterocycles. The van der Waals surface area contributed by atoms with E-state index >= 15 is 0 Å². The van der Waals surface area contributed by atoms with Crippen molar-refractivity contribution in [2.75, 3.05) is 0 Å². The van der Waals surface area contributed by atoms with Crippen molar-refractivity contribution < 1.29 is 9.21 Å². The molecule has 0 aliphatic rings. The Morgan fingerprint density at radius 1 is 1.08 bits per heavy atom. The summed E-state index contributed by atoms with van der Waals surface area (Å²) in [7, 11) is 0. The summed E-state index contributed by atoms with van der Waals surface area (Å²) in [5, 5.41) is 0. The minimum absolute atomic E-state index is 0.0189. The summed E-state index contributed by atoms with van der Waals surface area (Å²) in [6.07, 6.45) is 3.36. The summed E-state index contributed by atoms with van der Waals surface area (Å²) in [5.74, 6) is 0.735. The standard InChI is InChI=1S/C20H20N2O2/c1-15-8-9-19(16(2)12-15)20(23)22(14-18-7-5-11-24-18)13-17-6-3-4-10-21-17/h3-12H,13-14H2,1-2H3. The van der Waals surface area contributed by atoms with Gasteiger partial charge >= 0.3 is 0 Å². The van der Waals surface area contributed by atoms with Gasteiger partial charge in [0, 0.05) is 11.8 Å². The Hall–Kier alpha value is -2.88. The molecule has 1 amide bonds. The molecule has 4 heteroatoms. The van der Waals surface area contributed by atoms with Crippen molar-refractivity contribution in [1.29, 1.82) is 0 Å². The fraction of sp³-hybridized carbons (Fsp3) is 0.200. The second-order valence-electron chi connectivity index (χ2n) is 5.88. The van der Waals surface area contributed by atoms with Gasteiger partial charge in [-0.1, -0.05) is 23.8 Å². The van der Waals surface area contributed by atoms with Gasteiger partial charge in [-0.25, -0.2) is 0 Å². The number of amides is 1. The molecule has 3 rings (SSSR count). The second-order valence-corrected chi connectivity index (χ2v) is 5.88. The molecule has 0 spiro atoms. The number of carbonyl (C=O) groups is 1. The Labute approximate surface area is 141 Å². The normalized spacial score (nSPS) is 10.6. The summed E-state index contributed by atoms with van der Waals surface area (Å²) < 4.78 is 5.42. The number of hydrogen-bond acceptors (Lipinski definition) is 3. The fourth-order valence-electron chi connectivity index (χ4n) is 2.70. The van der Waals surface area contributed by atoms with Crippen LogP contribution in [-0.2, 0) is 13.1 Å². The second kappa shape index (κ2) is 7.13. The van der Waals surface area contributed by atoms with Crippen molar-refractivity contribution in [3.63, 3.8) is 0 Å². The summed E-state index contributed by atoms with van der Waals surface area (Å²) in [6, 6.07) is 15.3. The zero-order chi connectivity index (χ0) is 16.9. The lowest BCUT2D eigenvalue weighted by Crippen LogP contribution is -2.30. The van der Waals surface area contributed by atoms with E-state index in [4.69, 9.17) is 4.42 Å². The minimum Gasteiger partial charge on any atom is -0.467 e. The maximum atomic E-state index is 13.1. The monoisotopic (exact) mass is 320 g/mol. The SMILES string of the molecule is Cc1ccc(C(=O)N(Cc2ccccn2)Cc2ccco2)c(C)c1. The Morgan fingerprint density at radius 2 is 1.96 bits per heavy atom. The number of rotatable bonds is 5. The van der Waals surface area contributed by atoms with E-state index in [9.17, 15) is 4.79 Å². The maximum absolute atomic E-state index is 13.1. The number of aromatic nitrogens is 1. The van der Waals surface area contributed by atoms with E-state index in [-0.39, 0.29) is 5.91 Å². The zero-order valence-electron chi connectivity index (χ0n) is 13.9. The highest BCUT2D eigenvalue weighted by atomic mass is 16.3. The molecule has 122 valence electrons. The van der Waals surface area contributed by atoms with E-state index in [0.29, 0.717) is 18.7 Å². The van der Waals surface area contributed by atoms with Crippen LogP contribution in [0.4, 0.5) is 0 Å². The van der Waals surface area contributed by atoms with Gasteiger partial charge in [-0.05, 0) is 49.7 Å². The number of furan rings is 1. The van der Waals surface area contributed by atoms with Gasteiger partial charge in [0.1, 0.15) is 5.76 Å². The van der Waals surface area contributed by atoms with Crippen LogP contribution < -0.4 is 0 Å². The molecule has 0 saturated heterocycles.